The molecule has 0 aromatic heterocycles. The summed E-state index contributed by atoms with van der Waals surface area (Å²) in [6, 6.07) is 19.1. The highest BCUT2D eigenvalue weighted by molar-refractivity contribution is 5.34. The Morgan fingerprint density at radius 3 is 2.67 bits per heavy atom. The third kappa shape index (κ3) is 3.85. The number of para-hydroxylation sites is 1. The lowest BCUT2D eigenvalue weighted by Gasteiger charge is -2.21. The molecule has 0 aliphatic carbocycles. The maximum absolute atomic E-state index is 6.01. The number of hydrogen-bond donors (Lipinski definition) is 0. The summed E-state index contributed by atoms with van der Waals surface area (Å²) < 4.78 is 6.01. The summed E-state index contributed by atoms with van der Waals surface area (Å²) in [5, 5.41) is 0. The van der Waals surface area contributed by atoms with Gasteiger partial charge in [-0.15, -0.1) is 0 Å². The van der Waals surface area contributed by atoms with Gasteiger partial charge in [0.25, 0.3) is 0 Å². The summed E-state index contributed by atoms with van der Waals surface area (Å²) >= 11 is 0. The van der Waals surface area contributed by atoms with Crippen LogP contribution in [0.3, 0.4) is 0 Å². The van der Waals surface area contributed by atoms with Gasteiger partial charge in [-0.25, -0.2) is 0 Å². The van der Waals surface area contributed by atoms with Crippen molar-refractivity contribution < 1.29 is 4.74 Å². The fraction of sp³-hybridized carbons (Fsp3) is 0.368. The zero-order valence-corrected chi connectivity index (χ0v) is 12.7. The largest absolute Gasteiger partial charge is 0.489 e. The van der Waals surface area contributed by atoms with Crippen LogP contribution in [-0.2, 0) is 13.0 Å². The first-order chi connectivity index (χ1) is 10.3. The lowest BCUT2D eigenvalue weighted by atomic mass is 10.1. The molecule has 2 aromatic carbocycles. The van der Waals surface area contributed by atoms with Crippen molar-refractivity contribution in [1.29, 1.82) is 0 Å². The van der Waals surface area contributed by atoms with Gasteiger partial charge in [0.1, 0.15) is 11.9 Å². The van der Waals surface area contributed by atoms with Gasteiger partial charge in [-0.1, -0.05) is 48.5 Å². The summed E-state index contributed by atoms with van der Waals surface area (Å²) in [5.41, 5.74) is 2.73. The number of ether oxygens (including phenoxy) is 1. The fourth-order valence-electron chi connectivity index (χ4n) is 2.99. The Morgan fingerprint density at radius 1 is 1.05 bits per heavy atom. The summed E-state index contributed by atoms with van der Waals surface area (Å²) in [5.74, 6) is 1.05. The number of benzene rings is 2. The standard InChI is InChI=1S/C19H23NO/c1-16-14-20(13-7-10-17-8-3-2-4-9-17)15-18-11-5-6-12-19(18)21-16/h2-6,8-9,11-12,16H,7,10,13-15H2,1H3. The van der Waals surface area contributed by atoms with Gasteiger partial charge in [0.15, 0.2) is 0 Å². The number of aryl methyl sites for hydroxylation is 1. The second-order valence-corrected chi connectivity index (χ2v) is 5.86. The number of nitrogens with zero attached hydrogens (tertiary/aromatic N) is 1. The SMILES string of the molecule is CC1CN(CCCc2ccccc2)Cc2ccccc2O1. The van der Waals surface area contributed by atoms with Crippen molar-refractivity contribution in [2.24, 2.45) is 0 Å². The van der Waals surface area contributed by atoms with Crippen LogP contribution in [0, 0.1) is 0 Å². The van der Waals surface area contributed by atoms with Crippen molar-refractivity contribution in [3.8, 4) is 5.75 Å². The molecule has 3 rings (SSSR count). The molecule has 0 amide bonds. The minimum absolute atomic E-state index is 0.255. The van der Waals surface area contributed by atoms with Crippen LogP contribution in [0.4, 0.5) is 0 Å². The van der Waals surface area contributed by atoms with Crippen LogP contribution in [0.25, 0.3) is 0 Å². The van der Waals surface area contributed by atoms with Crippen LogP contribution in [0.5, 0.6) is 5.75 Å². The predicted molar refractivity (Wildman–Crippen MR) is 86.6 cm³/mol. The van der Waals surface area contributed by atoms with E-state index in [1.807, 2.05) is 0 Å². The molecular formula is C19H23NO. The maximum Gasteiger partial charge on any atom is 0.124 e. The molecular weight excluding hydrogens is 258 g/mol. The number of fused-ring (bicyclic) bond motifs is 1. The topological polar surface area (TPSA) is 12.5 Å². The molecule has 2 nitrogen and oxygen atoms in total. The normalized spacial score (nSPS) is 18.6. The van der Waals surface area contributed by atoms with Crippen molar-refractivity contribution in [1.82, 2.24) is 4.90 Å². The van der Waals surface area contributed by atoms with Crippen molar-refractivity contribution in [2.75, 3.05) is 13.1 Å². The van der Waals surface area contributed by atoms with E-state index in [2.05, 4.69) is 66.4 Å². The molecule has 2 aromatic rings. The van der Waals surface area contributed by atoms with Crippen molar-refractivity contribution in [2.45, 2.75) is 32.4 Å². The van der Waals surface area contributed by atoms with E-state index in [1.165, 1.54) is 17.5 Å². The molecule has 21 heavy (non-hydrogen) atoms. The Balaban J connectivity index is 1.58. The molecule has 1 aliphatic rings. The van der Waals surface area contributed by atoms with Crippen molar-refractivity contribution in [3.05, 3.63) is 65.7 Å². The zero-order valence-electron chi connectivity index (χ0n) is 12.7. The van der Waals surface area contributed by atoms with E-state index in [9.17, 15) is 0 Å². The molecule has 0 spiro atoms. The molecule has 0 fully saturated rings. The maximum atomic E-state index is 6.01. The molecule has 0 radical (unpaired) electrons. The van der Waals surface area contributed by atoms with E-state index >= 15 is 0 Å². The molecule has 0 saturated heterocycles. The van der Waals surface area contributed by atoms with E-state index in [0.29, 0.717) is 0 Å². The smallest absolute Gasteiger partial charge is 0.124 e. The van der Waals surface area contributed by atoms with Gasteiger partial charge < -0.3 is 4.74 Å². The average Bonchev–Trinajstić information content (AvgIpc) is 2.66. The Morgan fingerprint density at radius 2 is 1.81 bits per heavy atom. The van der Waals surface area contributed by atoms with E-state index < -0.39 is 0 Å². The third-order valence-electron chi connectivity index (χ3n) is 3.99. The lowest BCUT2D eigenvalue weighted by Crippen LogP contribution is -2.31. The third-order valence-corrected chi connectivity index (χ3v) is 3.99. The summed E-state index contributed by atoms with van der Waals surface area (Å²) in [7, 11) is 0. The summed E-state index contributed by atoms with van der Waals surface area (Å²) in [6.07, 6.45) is 2.60. The molecule has 1 heterocycles. The van der Waals surface area contributed by atoms with Crippen molar-refractivity contribution >= 4 is 0 Å². The molecule has 110 valence electrons. The van der Waals surface area contributed by atoms with Crippen LogP contribution in [0.1, 0.15) is 24.5 Å². The first kappa shape index (κ1) is 14.2. The first-order valence-electron chi connectivity index (χ1n) is 7.82. The first-order valence-corrected chi connectivity index (χ1v) is 7.82. The average molecular weight is 281 g/mol. The van der Waals surface area contributed by atoms with Gasteiger partial charge in [0.05, 0.1) is 0 Å². The minimum Gasteiger partial charge on any atom is -0.489 e. The number of hydrogen-bond acceptors (Lipinski definition) is 2. The van der Waals surface area contributed by atoms with Crippen LogP contribution in [-0.4, -0.2) is 24.1 Å². The molecule has 0 saturated carbocycles. The number of rotatable bonds is 4. The fourth-order valence-corrected chi connectivity index (χ4v) is 2.99. The van der Waals surface area contributed by atoms with Gasteiger partial charge in [0, 0.05) is 18.7 Å². The van der Waals surface area contributed by atoms with Crippen LogP contribution < -0.4 is 4.74 Å². The second kappa shape index (κ2) is 6.77. The minimum atomic E-state index is 0.255. The highest BCUT2D eigenvalue weighted by Gasteiger charge is 2.19. The molecule has 0 N–H and O–H groups in total. The monoisotopic (exact) mass is 281 g/mol. The molecule has 2 heteroatoms. The quantitative estimate of drug-likeness (QED) is 0.842. The van der Waals surface area contributed by atoms with E-state index in [1.54, 1.807) is 0 Å². The highest BCUT2D eigenvalue weighted by atomic mass is 16.5. The molecule has 0 bridgehead atoms. The second-order valence-electron chi connectivity index (χ2n) is 5.86. The summed E-state index contributed by atoms with van der Waals surface area (Å²) in [4.78, 5) is 2.51. The Bertz CT molecular complexity index is 567. The van der Waals surface area contributed by atoms with Crippen LogP contribution in [0.15, 0.2) is 54.6 Å². The molecule has 1 unspecified atom stereocenters. The Hall–Kier alpha value is -1.80. The van der Waals surface area contributed by atoms with Gasteiger partial charge in [0.2, 0.25) is 0 Å². The van der Waals surface area contributed by atoms with Gasteiger partial charge in [-0.3, -0.25) is 4.90 Å². The Labute approximate surface area is 127 Å². The predicted octanol–water partition coefficient (Wildman–Crippen LogP) is 3.90. The van der Waals surface area contributed by atoms with Crippen LogP contribution in [0.2, 0.25) is 0 Å². The van der Waals surface area contributed by atoms with E-state index in [-0.39, 0.29) is 6.10 Å². The highest BCUT2D eigenvalue weighted by Crippen LogP contribution is 2.24. The van der Waals surface area contributed by atoms with E-state index in [0.717, 1.165) is 31.8 Å². The van der Waals surface area contributed by atoms with Gasteiger partial charge >= 0.3 is 0 Å². The zero-order chi connectivity index (χ0) is 14.5. The van der Waals surface area contributed by atoms with Gasteiger partial charge in [-0.2, -0.15) is 0 Å². The van der Waals surface area contributed by atoms with Crippen LogP contribution >= 0.6 is 0 Å². The van der Waals surface area contributed by atoms with Crippen molar-refractivity contribution in [3.63, 3.8) is 0 Å². The molecule has 1 aliphatic heterocycles. The lowest BCUT2D eigenvalue weighted by molar-refractivity contribution is 0.160. The Kier molecular flexibility index (Phi) is 4.56. The van der Waals surface area contributed by atoms with E-state index in [4.69, 9.17) is 4.74 Å². The van der Waals surface area contributed by atoms with Gasteiger partial charge in [-0.05, 0) is 37.9 Å². The molecule has 1 atom stereocenters. The summed E-state index contributed by atoms with van der Waals surface area (Å²) in [6.45, 7) is 5.28.